The van der Waals surface area contributed by atoms with Gasteiger partial charge in [0.15, 0.2) is 0 Å². The van der Waals surface area contributed by atoms with Crippen LogP contribution in [0.2, 0.25) is 0 Å². The van der Waals surface area contributed by atoms with Gasteiger partial charge in [-0.15, -0.1) is 0 Å². The number of nitrogens with one attached hydrogen (secondary N) is 1. The van der Waals surface area contributed by atoms with Crippen LogP contribution in [0.5, 0.6) is 0 Å². The van der Waals surface area contributed by atoms with Crippen LogP contribution in [-0.2, 0) is 4.79 Å². The van der Waals surface area contributed by atoms with E-state index in [1.807, 2.05) is 0 Å². The molecule has 0 spiro atoms. The maximum Gasteiger partial charge on any atom is 0.269 e. The molecule has 0 radical (unpaired) electrons. The van der Waals surface area contributed by atoms with Crippen LogP contribution in [0.25, 0.3) is 5.57 Å². The summed E-state index contributed by atoms with van der Waals surface area (Å²) < 4.78 is 0.427. The number of benzene rings is 1. The Kier molecular flexibility index (Phi) is 3.44. The van der Waals surface area contributed by atoms with Crippen LogP contribution in [0.1, 0.15) is 12.5 Å². The number of nitro groups is 1. The van der Waals surface area contributed by atoms with Gasteiger partial charge in [-0.25, -0.2) is 0 Å². The number of hydrogen-bond acceptors (Lipinski definition) is 5. The maximum atomic E-state index is 11.6. The molecule has 0 saturated carbocycles. The minimum Gasteiger partial charge on any atom is -0.307 e. The average Bonchev–Trinajstić information content (AvgIpc) is 2.67. The molecule has 1 aliphatic rings. The van der Waals surface area contributed by atoms with Gasteiger partial charge in [0.25, 0.3) is 11.6 Å². The van der Waals surface area contributed by atoms with Crippen molar-refractivity contribution < 1.29 is 9.72 Å². The van der Waals surface area contributed by atoms with E-state index in [2.05, 4.69) is 5.32 Å². The van der Waals surface area contributed by atoms with E-state index in [1.165, 1.54) is 23.9 Å². The fourth-order valence-electron chi connectivity index (χ4n) is 1.53. The topological polar surface area (TPSA) is 72.2 Å². The minimum atomic E-state index is -0.460. The summed E-state index contributed by atoms with van der Waals surface area (Å²) in [6.07, 6.45) is 0. The molecule has 0 atom stereocenters. The van der Waals surface area contributed by atoms with E-state index >= 15 is 0 Å². The fourth-order valence-corrected chi connectivity index (χ4v) is 2.61. The van der Waals surface area contributed by atoms with Crippen LogP contribution >= 0.6 is 24.0 Å². The van der Waals surface area contributed by atoms with Gasteiger partial charge in [-0.1, -0.05) is 24.0 Å². The van der Waals surface area contributed by atoms with Crippen molar-refractivity contribution in [1.29, 1.82) is 0 Å². The smallest absolute Gasteiger partial charge is 0.269 e. The zero-order chi connectivity index (χ0) is 13.3. The van der Waals surface area contributed by atoms with Gasteiger partial charge in [0.2, 0.25) is 0 Å². The first-order chi connectivity index (χ1) is 8.49. The van der Waals surface area contributed by atoms with Crippen molar-refractivity contribution in [2.24, 2.45) is 0 Å². The molecule has 1 aromatic carbocycles. The molecular formula is C11H8N2O3S2. The average molecular weight is 280 g/mol. The molecule has 7 heteroatoms. The van der Waals surface area contributed by atoms with Crippen molar-refractivity contribution in [3.8, 4) is 0 Å². The summed E-state index contributed by atoms with van der Waals surface area (Å²) in [6, 6.07) is 6.07. The number of amides is 1. The van der Waals surface area contributed by atoms with E-state index in [0.717, 1.165) is 11.1 Å². The number of thiocarbonyl (C=S) groups is 1. The normalized spacial score (nSPS) is 17.6. The third-order valence-corrected chi connectivity index (χ3v) is 3.80. The Balaban J connectivity index is 2.37. The first-order valence-electron chi connectivity index (χ1n) is 4.98. The van der Waals surface area contributed by atoms with E-state index in [1.54, 1.807) is 19.1 Å². The number of allylic oxidation sites excluding steroid dienone is 1. The second-order valence-electron chi connectivity index (χ2n) is 3.60. The number of nitrogens with zero attached hydrogens (tertiary/aromatic N) is 1. The molecule has 18 heavy (non-hydrogen) atoms. The van der Waals surface area contributed by atoms with Crippen molar-refractivity contribution in [2.45, 2.75) is 6.92 Å². The maximum absolute atomic E-state index is 11.6. The highest BCUT2D eigenvalue weighted by Gasteiger charge is 2.24. The second-order valence-corrected chi connectivity index (χ2v) is 5.29. The number of carbonyl (C=O) groups excluding carboxylic acids is 1. The molecule has 5 nitrogen and oxygen atoms in total. The van der Waals surface area contributed by atoms with Gasteiger partial charge in [0.1, 0.15) is 4.32 Å². The van der Waals surface area contributed by atoms with Gasteiger partial charge in [0.05, 0.1) is 9.83 Å². The third kappa shape index (κ3) is 2.41. The molecule has 1 aliphatic heterocycles. The molecule has 1 fully saturated rings. The Morgan fingerprint density at radius 1 is 1.39 bits per heavy atom. The fraction of sp³-hybridized carbons (Fsp3) is 0.0909. The summed E-state index contributed by atoms with van der Waals surface area (Å²) in [5.74, 6) is -0.221. The van der Waals surface area contributed by atoms with Crippen LogP contribution in [0.4, 0.5) is 5.69 Å². The molecule has 0 aliphatic carbocycles. The largest absolute Gasteiger partial charge is 0.307 e. The third-order valence-electron chi connectivity index (χ3n) is 2.47. The van der Waals surface area contributed by atoms with Crippen LogP contribution < -0.4 is 5.32 Å². The molecule has 1 aromatic rings. The molecule has 92 valence electrons. The van der Waals surface area contributed by atoms with E-state index in [-0.39, 0.29) is 11.6 Å². The first kappa shape index (κ1) is 12.7. The highest BCUT2D eigenvalue weighted by atomic mass is 32.2. The number of non-ortho nitro benzene ring substituents is 1. The summed E-state index contributed by atoms with van der Waals surface area (Å²) in [7, 11) is 0. The van der Waals surface area contributed by atoms with Crippen molar-refractivity contribution in [1.82, 2.24) is 5.32 Å². The van der Waals surface area contributed by atoms with Gasteiger partial charge in [-0.3, -0.25) is 14.9 Å². The Morgan fingerprint density at radius 2 is 2.00 bits per heavy atom. The zero-order valence-electron chi connectivity index (χ0n) is 9.30. The summed E-state index contributed by atoms with van der Waals surface area (Å²) in [4.78, 5) is 22.2. The summed E-state index contributed by atoms with van der Waals surface area (Å²) >= 11 is 6.11. The molecule has 0 aromatic heterocycles. The standard InChI is InChI=1S/C11H8N2O3S2/c1-6(9-10(14)12-11(17)18-9)7-2-4-8(5-3-7)13(15)16/h2-5H,1H3,(H,12,14,17). The molecule has 1 heterocycles. The van der Waals surface area contributed by atoms with Crippen LogP contribution in [-0.4, -0.2) is 15.2 Å². The first-order valence-corrected chi connectivity index (χ1v) is 6.20. The van der Waals surface area contributed by atoms with Crippen LogP contribution in [0.3, 0.4) is 0 Å². The number of thioether (sulfide) groups is 1. The number of nitro benzene ring substituents is 1. The Labute approximate surface area is 112 Å². The van der Waals surface area contributed by atoms with Crippen molar-refractivity contribution in [3.05, 3.63) is 44.8 Å². The summed E-state index contributed by atoms with van der Waals surface area (Å²) in [6.45, 7) is 1.79. The van der Waals surface area contributed by atoms with Crippen LogP contribution in [0, 0.1) is 10.1 Å². The molecular weight excluding hydrogens is 272 g/mol. The lowest BCUT2D eigenvalue weighted by atomic mass is 10.1. The summed E-state index contributed by atoms with van der Waals surface area (Å²) in [5.41, 5.74) is 1.55. The van der Waals surface area contributed by atoms with Gasteiger partial charge in [-0.2, -0.15) is 0 Å². The lowest BCUT2D eigenvalue weighted by molar-refractivity contribution is -0.384. The van der Waals surface area contributed by atoms with Crippen molar-refractivity contribution in [2.75, 3.05) is 0 Å². The quantitative estimate of drug-likeness (QED) is 0.390. The zero-order valence-corrected chi connectivity index (χ0v) is 10.9. The molecule has 2 rings (SSSR count). The van der Waals surface area contributed by atoms with Gasteiger partial charge in [-0.05, 0) is 30.2 Å². The van der Waals surface area contributed by atoms with E-state index in [9.17, 15) is 14.9 Å². The van der Waals surface area contributed by atoms with Crippen LogP contribution in [0.15, 0.2) is 29.2 Å². The SMILES string of the molecule is CC(=C1SC(=S)NC1=O)c1ccc([N+](=O)[O-])cc1. The van der Waals surface area contributed by atoms with E-state index < -0.39 is 4.92 Å². The Morgan fingerprint density at radius 3 is 2.44 bits per heavy atom. The van der Waals surface area contributed by atoms with Gasteiger partial charge >= 0.3 is 0 Å². The predicted molar refractivity (Wildman–Crippen MR) is 74.0 cm³/mol. The Bertz CT molecular complexity index is 578. The van der Waals surface area contributed by atoms with Gasteiger partial charge in [0, 0.05) is 12.1 Å². The highest BCUT2D eigenvalue weighted by Crippen LogP contribution is 2.32. The number of hydrogen-bond donors (Lipinski definition) is 1. The van der Waals surface area contributed by atoms with Crippen molar-refractivity contribution in [3.63, 3.8) is 0 Å². The molecule has 0 unspecified atom stereocenters. The molecule has 1 N–H and O–H groups in total. The van der Waals surface area contributed by atoms with E-state index in [4.69, 9.17) is 12.2 Å². The predicted octanol–water partition coefficient (Wildman–Crippen LogP) is 2.47. The van der Waals surface area contributed by atoms with Crippen molar-refractivity contribution >= 4 is 45.5 Å². The monoisotopic (exact) mass is 280 g/mol. The highest BCUT2D eigenvalue weighted by molar-refractivity contribution is 8.26. The lowest BCUT2D eigenvalue weighted by Gasteiger charge is -2.03. The molecule has 1 saturated heterocycles. The lowest BCUT2D eigenvalue weighted by Crippen LogP contribution is -2.18. The Hall–Kier alpha value is -1.73. The molecule has 0 bridgehead atoms. The van der Waals surface area contributed by atoms with E-state index in [0.29, 0.717) is 9.23 Å². The number of rotatable bonds is 2. The second kappa shape index (κ2) is 4.87. The summed E-state index contributed by atoms with van der Waals surface area (Å²) in [5, 5.41) is 13.1. The number of carbonyl (C=O) groups is 1. The van der Waals surface area contributed by atoms with Gasteiger partial charge < -0.3 is 5.32 Å². The molecule has 1 amide bonds. The minimum absolute atomic E-state index is 0.0237.